The van der Waals surface area contributed by atoms with E-state index in [0.29, 0.717) is 18.7 Å². The Morgan fingerprint density at radius 2 is 1.91 bits per heavy atom. The van der Waals surface area contributed by atoms with Crippen molar-refractivity contribution in [3.63, 3.8) is 0 Å². The van der Waals surface area contributed by atoms with Gasteiger partial charge in [-0.1, -0.05) is 17.7 Å². The maximum Gasteiger partial charge on any atom is 0.233 e. The second-order valence-electron chi connectivity index (χ2n) is 5.83. The Balaban J connectivity index is 1.93. The Hall–Kier alpha value is -1.89. The fraction of sp³-hybridized carbons (Fsp3) is 0.500. The third-order valence-electron chi connectivity index (χ3n) is 3.96. The summed E-state index contributed by atoms with van der Waals surface area (Å²) in [6, 6.07) is 6.99. The third-order valence-corrected chi connectivity index (χ3v) is 5.71. The van der Waals surface area contributed by atoms with E-state index in [-0.39, 0.29) is 29.9 Å². The molecule has 1 N–H and O–H groups in total. The largest absolute Gasteiger partial charge is 0.338 e. The number of sulfone groups is 1. The van der Waals surface area contributed by atoms with Crippen molar-refractivity contribution >= 4 is 27.3 Å². The highest BCUT2D eigenvalue weighted by Gasteiger charge is 2.34. The van der Waals surface area contributed by atoms with Crippen molar-refractivity contribution in [1.29, 1.82) is 0 Å². The monoisotopic (exact) mass is 338 g/mol. The number of rotatable bonds is 5. The third kappa shape index (κ3) is 4.79. The lowest BCUT2D eigenvalue weighted by atomic mass is 10.2. The topological polar surface area (TPSA) is 83.6 Å². The van der Waals surface area contributed by atoms with E-state index in [0.717, 1.165) is 5.56 Å². The molecular formula is C16H22N2O4S. The summed E-state index contributed by atoms with van der Waals surface area (Å²) < 4.78 is 23.1. The van der Waals surface area contributed by atoms with Crippen LogP contribution in [0.1, 0.15) is 25.3 Å². The second-order valence-corrected chi connectivity index (χ2v) is 8.06. The maximum absolute atomic E-state index is 12.3. The van der Waals surface area contributed by atoms with Crippen molar-refractivity contribution in [2.24, 2.45) is 0 Å². The number of carbonyl (C=O) groups is 2. The van der Waals surface area contributed by atoms with Gasteiger partial charge < -0.3 is 10.2 Å². The van der Waals surface area contributed by atoms with E-state index in [1.165, 1.54) is 4.90 Å². The molecule has 0 spiro atoms. The van der Waals surface area contributed by atoms with Crippen molar-refractivity contribution in [3.8, 4) is 0 Å². The van der Waals surface area contributed by atoms with Gasteiger partial charge in [0.2, 0.25) is 11.8 Å². The van der Waals surface area contributed by atoms with Crippen LogP contribution in [0.4, 0.5) is 5.69 Å². The van der Waals surface area contributed by atoms with Gasteiger partial charge in [0.05, 0.1) is 11.5 Å². The number of nitrogens with one attached hydrogen (secondary N) is 1. The molecule has 1 aliphatic heterocycles. The van der Waals surface area contributed by atoms with E-state index in [1.54, 1.807) is 19.1 Å². The summed E-state index contributed by atoms with van der Waals surface area (Å²) in [5.74, 6) is -0.624. The van der Waals surface area contributed by atoms with Crippen LogP contribution in [-0.2, 0) is 19.4 Å². The van der Waals surface area contributed by atoms with Crippen LogP contribution in [0.25, 0.3) is 0 Å². The summed E-state index contributed by atoms with van der Waals surface area (Å²) in [6.07, 6.45) is 0.166. The van der Waals surface area contributed by atoms with Gasteiger partial charge in [0.25, 0.3) is 0 Å². The molecule has 0 aliphatic carbocycles. The summed E-state index contributed by atoms with van der Waals surface area (Å²) >= 11 is 0. The number of nitrogens with zero attached hydrogens (tertiary/aromatic N) is 1. The van der Waals surface area contributed by atoms with Gasteiger partial charge in [-0.25, -0.2) is 8.42 Å². The Morgan fingerprint density at radius 1 is 1.26 bits per heavy atom. The van der Waals surface area contributed by atoms with Crippen molar-refractivity contribution in [2.45, 2.75) is 32.7 Å². The molecule has 0 radical (unpaired) electrons. The molecule has 0 aromatic heterocycles. The first-order valence-corrected chi connectivity index (χ1v) is 9.49. The van der Waals surface area contributed by atoms with Crippen LogP contribution in [0.2, 0.25) is 0 Å². The van der Waals surface area contributed by atoms with Gasteiger partial charge in [-0.05, 0) is 32.4 Å². The minimum absolute atomic E-state index is 0.00778. The highest BCUT2D eigenvalue weighted by molar-refractivity contribution is 7.91. The first-order valence-electron chi connectivity index (χ1n) is 7.67. The van der Waals surface area contributed by atoms with Crippen LogP contribution in [0.3, 0.4) is 0 Å². The molecule has 126 valence electrons. The highest BCUT2D eigenvalue weighted by Crippen LogP contribution is 2.18. The van der Waals surface area contributed by atoms with Crippen molar-refractivity contribution in [2.75, 3.05) is 23.4 Å². The van der Waals surface area contributed by atoms with E-state index in [9.17, 15) is 18.0 Å². The minimum Gasteiger partial charge on any atom is -0.338 e. The van der Waals surface area contributed by atoms with Crippen molar-refractivity contribution < 1.29 is 18.0 Å². The standard InChI is InChI=1S/C16H22N2O4S/c1-3-18(14-8-9-23(21,22)11-14)16(20)10-15(19)17-13-6-4-12(2)5-7-13/h4-7,14H,3,8-11H2,1-2H3,(H,17,19). The lowest BCUT2D eigenvalue weighted by molar-refractivity contribution is -0.135. The highest BCUT2D eigenvalue weighted by atomic mass is 32.2. The predicted octanol–water partition coefficient (Wildman–Crippen LogP) is 1.36. The van der Waals surface area contributed by atoms with Gasteiger partial charge in [0.1, 0.15) is 6.42 Å². The SMILES string of the molecule is CCN(C(=O)CC(=O)Nc1ccc(C)cc1)C1CCS(=O)(=O)C1. The lowest BCUT2D eigenvalue weighted by Crippen LogP contribution is -2.42. The zero-order valence-electron chi connectivity index (χ0n) is 13.4. The van der Waals surface area contributed by atoms with Crippen LogP contribution in [-0.4, -0.2) is 49.2 Å². The Morgan fingerprint density at radius 3 is 2.43 bits per heavy atom. The van der Waals surface area contributed by atoms with Gasteiger partial charge in [-0.3, -0.25) is 9.59 Å². The molecule has 1 heterocycles. The van der Waals surface area contributed by atoms with E-state index >= 15 is 0 Å². The summed E-state index contributed by atoms with van der Waals surface area (Å²) in [6.45, 7) is 4.14. The van der Waals surface area contributed by atoms with Crippen LogP contribution in [0.5, 0.6) is 0 Å². The Bertz CT molecular complexity index is 683. The average molecular weight is 338 g/mol. The number of hydrogen-bond donors (Lipinski definition) is 1. The van der Waals surface area contributed by atoms with Gasteiger partial charge >= 0.3 is 0 Å². The molecular weight excluding hydrogens is 316 g/mol. The zero-order valence-corrected chi connectivity index (χ0v) is 14.2. The molecule has 1 fully saturated rings. The molecule has 2 rings (SSSR count). The number of hydrogen-bond acceptors (Lipinski definition) is 4. The van der Waals surface area contributed by atoms with Crippen LogP contribution in [0, 0.1) is 6.92 Å². The summed E-state index contributed by atoms with van der Waals surface area (Å²) in [4.78, 5) is 25.8. The molecule has 0 saturated carbocycles. The average Bonchev–Trinajstić information content (AvgIpc) is 2.82. The summed E-state index contributed by atoms with van der Waals surface area (Å²) in [5.41, 5.74) is 1.72. The number of amides is 2. The van der Waals surface area contributed by atoms with Gasteiger partial charge in [0, 0.05) is 18.3 Å². The fourth-order valence-electron chi connectivity index (χ4n) is 2.74. The Kier molecular flexibility index (Phi) is 5.41. The normalized spacial score (nSPS) is 19.3. The quantitative estimate of drug-likeness (QED) is 0.822. The molecule has 0 bridgehead atoms. The number of aryl methyl sites for hydroxylation is 1. The first-order chi connectivity index (χ1) is 10.8. The van der Waals surface area contributed by atoms with Crippen molar-refractivity contribution in [3.05, 3.63) is 29.8 Å². The first kappa shape index (κ1) is 17.5. The van der Waals surface area contributed by atoms with Gasteiger partial charge in [-0.2, -0.15) is 0 Å². The molecule has 2 amide bonds. The molecule has 6 nitrogen and oxygen atoms in total. The molecule has 1 aliphatic rings. The van der Waals surface area contributed by atoms with E-state index < -0.39 is 15.7 Å². The molecule has 7 heteroatoms. The fourth-order valence-corrected chi connectivity index (χ4v) is 4.47. The molecule has 1 atom stereocenters. The summed E-state index contributed by atoms with van der Waals surface area (Å²) in [5, 5.41) is 2.68. The molecule has 1 unspecified atom stereocenters. The predicted molar refractivity (Wildman–Crippen MR) is 88.9 cm³/mol. The minimum atomic E-state index is -3.06. The van der Waals surface area contributed by atoms with Crippen LogP contribution >= 0.6 is 0 Å². The van der Waals surface area contributed by atoms with Crippen molar-refractivity contribution in [1.82, 2.24) is 4.90 Å². The number of benzene rings is 1. The van der Waals surface area contributed by atoms with Crippen LogP contribution < -0.4 is 5.32 Å². The van der Waals surface area contributed by atoms with E-state index in [2.05, 4.69) is 5.32 Å². The zero-order chi connectivity index (χ0) is 17.0. The number of anilines is 1. The second kappa shape index (κ2) is 7.12. The molecule has 1 aromatic carbocycles. The molecule has 1 saturated heterocycles. The van der Waals surface area contributed by atoms with Gasteiger partial charge in [-0.15, -0.1) is 0 Å². The van der Waals surface area contributed by atoms with Gasteiger partial charge in [0.15, 0.2) is 9.84 Å². The maximum atomic E-state index is 12.3. The van der Waals surface area contributed by atoms with Crippen LogP contribution in [0.15, 0.2) is 24.3 Å². The van der Waals surface area contributed by atoms with E-state index in [1.807, 2.05) is 19.1 Å². The number of carbonyl (C=O) groups excluding carboxylic acids is 2. The Labute approximate surface area is 136 Å². The summed E-state index contributed by atoms with van der Waals surface area (Å²) in [7, 11) is -3.06. The molecule has 23 heavy (non-hydrogen) atoms. The lowest BCUT2D eigenvalue weighted by Gasteiger charge is -2.26. The molecule has 1 aromatic rings. The smallest absolute Gasteiger partial charge is 0.233 e. The van der Waals surface area contributed by atoms with E-state index in [4.69, 9.17) is 0 Å².